The number of hydrogen-bond acceptors (Lipinski definition) is 4. The number of carbonyl (C=O) groups excluding carboxylic acids is 1. The van der Waals surface area contributed by atoms with Crippen molar-refractivity contribution in [3.05, 3.63) is 30.1 Å². The summed E-state index contributed by atoms with van der Waals surface area (Å²) in [7, 11) is 0. The molecule has 0 spiro atoms. The molecule has 0 N–H and O–H groups in total. The number of rotatable bonds is 4. The van der Waals surface area contributed by atoms with Crippen molar-refractivity contribution in [1.29, 1.82) is 0 Å². The monoisotopic (exact) mass is 364 g/mol. The Morgan fingerprint density at radius 3 is 1.96 bits per heavy atom. The molecule has 146 valence electrons. The maximum absolute atomic E-state index is 13.0. The Balaban J connectivity index is 0.00000117. The molecule has 0 aromatic heterocycles. The first-order valence-electron chi connectivity index (χ1n) is 9.88. The highest BCUT2D eigenvalue weighted by Crippen LogP contribution is 2.17. The molecule has 2 aliphatic rings. The van der Waals surface area contributed by atoms with Gasteiger partial charge in [0.25, 0.3) is 0 Å². The molecule has 0 unspecified atom stereocenters. The number of benzene rings is 1. The predicted molar refractivity (Wildman–Crippen MR) is 105 cm³/mol. The van der Waals surface area contributed by atoms with E-state index in [0.717, 1.165) is 64.6 Å². The number of nitrogens with zero attached hydrogens (tertiary/aromatic N) is 4. The average Bonchev–Trinajstić information content (AvgIpc) is 2.71. The van der Waals surface area contributed by atoms with Crippen LogP contribution in [0.5, 0.6) is 0 Å². The zero-order valence-corrected chi connectivity index (χ0v) is 16.5. The molecule has 2 saturated heterocycles. The van der Waals surface area contributed by atoms with Crippen LogP contribution in [0.1, 0.15) is 20.8 Å². The van der Waals surface area contributed by atoms with E-state index >= 15 is 0 Å². The predicted octanol–water partition coefficient (Wildman–Crippen LogP) is 2.14. The van der Waals surface area contributed by atoms with Gasteiger partial charge in [-0.25, -0.2) is 4.39 Å². The molecule has 6 heteroatoms. The summed E-state index contributed by atoms with van der Waals surface area (Å²) in [5.74, 6) is 0.0483. The van der Waals surface area contributed by atoms with Crippen LogP contribution in [-0.2, 0) is 4.79 Å². The van der Waals surface area contributed by atoms with Gasteiger partial charge in [-0.3, -0.25) is 9.69 Å². The summed E-state index contributed by atoms with van der Waals surface area (Å²) in [5.41, 5.74) is 1.05. The van der Waals surface area contributed by atoms with Crippen molar-refractivity contribution >= 4 is 11.6 Å². The third kappa shape index (κ3) is 5.68. The van der Waals surface area contributed by atoms with Crippen molar-refractivity contribution in [3.63, 3.8) is 0 Å². The molecule has 26 heavy (non-hydrogen) atoms. The second-order valence-electron chi connectivity index (χ2n) is 6.55. The molecule has 3 rings (SSSR count). The van der Waals surface area contributed by atoms with Crippen LogP contribution in [0.15, 0.2) is 24.3 Å². The van der Waals surface area contributed by atoms with Gasteiger partial charge in [-0.15, -0.1) is 0 Å². The average molecular weight is 365 g/mol. The summed E-state index contributed by atoms with van der Waals surface area (Å²) in [5, 5.41) is 0. The zero-order chi connectivity index (χ0) is 18.9. The van der Waals surface area contributed by atoms with Gasteiger partial charge in [0.2, 0.25) is 5.91 Å². The summed E-state index contributed by atoms with van der Waals surface area (Å²) in [4.78, 5) is 21.3. The van der Waals surface area contributed by atoms with Crippen LogP contribution < -0.4 is 4.90 Å². The van der Waals surface area contributed by atoms with E-state index in [9.17, 15) is 9.18 Å². The van der Waals surface area contributed by atoms with Crippen molar-refractivity contribution in [1.82, 2.24) is 14.7 Å². The molecule has 1 aromatic carbocycles. The largest absolute Gasteiger partial charge is 0.369 e. The van der Waals surface area contributed by atoms with Crippen LogP contribution in [0.2, 0.25) is 0 Å². The lowest BCUT2D eigenvalue weighted by Gasteiger charge is -2.38. The first kappa shape index (κ1) is 20.6. The van der Waals surface area contributed by atoms with E-state index in [1.165, 1.54) is 12.1 Å². The number of hydrogen-bond donors (Lipinski definition) is 0. The van der Waals surface area contributed by atoms with E-state index in [1.807, 2.05) is 30.9 Å². The van der Waals surface area contributed by atoms with Crippen molar-refractivity contribution in [2.45, 2.75) is 20.8 Å². The number of carbonyl (C=O) groups is 1. The van der Waals surface area contributed by atoms with Gasteiger partial charge in [0.1, 0.15) is 5.82 Å². The number of piperazine rings is 2. The van der Waals surface area contributed by atoms with Gasteiger partial charge >= 0.3 is 0 Å². The van der Waals surface area contributed by atoms with Crippen molar-refractivity contribution in [3.8, 4) is 0 Å². The summed E-state index contributed by atoms with van der Waals surface area (Å²) in [6, 6.07) is 6.65. The Kier molecular flexibility index (Phi) is 8.32. The fourth-order valence-electron chi connectivity index (χ4n) is 3.42. The Morgan fingerprint density at radius 2 is 1.42 bits per heavy atom. The molecule has 0 radical (unpaired) electrons. The molecule has 0 bridgehead atoms. The minimum Gasteiger partial charge on any atom is -0.369 e. The number of likely N-dealkylation sites (N-methyl/N-ethyl adjacent to an activating group) is 1. The molecular formula is C20H33FN4O. The molecular weight excluding hydrogens is 331 g/mol. The fraction of sp³-hybridized carbons (Fsp3) is 0.650. The van der Waals surface area contributed by atoms with Crippen LogP contribution in [-0.4, -0.2) is 86.1 Å². The van der Waals surface area contributed by atoms with E-state index in [4.69, 9.17) is 0 Å². The Morgan fingerprint density at radius 1 is 0.885 bits per heavy atom. The molecule has 1 amide bonds. The van der Waals surface area contributed by atoms with Crippen molar-refractivity contribution in [2.24, 2.45) is 0 Å². The third-order valence-corrected chi connectivity index (χ3v) is 5.10. The van der Waals surface area contributed by atoms with E-state index in [-0.39, 0.29) is 11.7 Å². The van der Waals surface area contributed by atoms with Gasteiger partial charge in [-0.1, -0.05) is 20.8 Å². The minimum atomic E-state index is -0.203. The summed E-state index contributed by atoms with van der Waals surface area (Å²) in [6.45, 7) is 14.9. The Hall–Kier alpha value is -1.66. The lowest BCUT2D eigenvalue weighted by molar-refractivity contribution is -0.134. The fourth-order valence-corrected chi connectivity index (χ4v) is 3.42. The smallest absolute Gasteiger partial charge is 0.236 e. The Bertz CT molecular complexity index is 535. The lowest BCUT2D eigenvalue weighted by Crippen LogP contribution is -2.53. The highest BCUT2D eigenvalue weighted by Gasteiger charge is 2.24. The summed E-state index contributed by atoms with van der Waals surface area (Å²) < 4.78 is 13.0. The van der Waals surface area contributed by atoms with Crippen molar-refractivity contribution in [2.75, 3.05) is 70.3 Å². The molecule has 2 aliphatic heterocycles. The minimum absolute atomic E-state index is 0.203. The maximum Gasteiger partial charge on any atom is 0.236 e. The molecule has 5 nitrogen and oxygen atoms in total. The third-order valence-electron chi connectivity index (χ3n) is 5.10. The maximum atomic E-state index is 13.0. The van der Waals surface area contributed by atoms with Crippen LogP contribution in [0.25, 0.3) is 0 Å². The SMILES string of the molecule is CC.CCN1CCN(C(=O)CN2CCN(c3ccc(F)cc3)CC2)CC1. The van der Waals surface area contributed by atoms with Gasteiger partial charge in [0.15, 0.2) is 0 Å². The molecule has 0 saturated carbocycles. The lowest BCUT2D eigenvalue weighted by atomic mass is 10.2. The number of anilines is 1. The van der Waals surface area contributed by atoms with Gasteiger partial charge < -0.3 is 14.7 Å². The summed E-state index contributed by atoms with van der Waals surface area (Å²) in [6.07, 6.45) is 0. The van der Waals surface area contributed by atoms with E-state index < -0.39 is 0 Å². The molecule has 2 fully saturated rings. The van der Waals surface area contributed by atoms with E-state index in [1.54, 1.807) is 0 Å². The Labute approximate surface area is 157 Å². The van der Waals surface area contributed by atoms with E-state index in [0.29, 0.717) is 6.54 Å². The standard InChI is InChI=1S/C18H27FN4O.C2H6/c1-2-20-7-13-23(14-8-20)18(24)15-21-9-11-22(12-10-21)17-5-3-16(19)4-6-17;1-2/h3-6H,2,7-15H2,1H3;1-2H3. The zero-order valence-electron chi connectivity index (χ0n) is 16.5. The molecule has 1 aromatic rings. The number of amides is 1. The second-order valence-corrected chi connectivity index (χ2v) is 6.55. The van der Waals surface area contributed by atoms with Gasteiger partial charge in [0.05, 0.1) is 6.54 Å². The number of halogens is 1. The normalized spacial score (nSPS) is 19.1. The van der Waals surface area contributed by atoms with Gasteiger partial charge in [0, 0.05) is 58.0 Å². The second kappa shape index (κ2) is 10.5. The molecule has 0 atom stereocenters. The van der Waals surface area contributed by atoms with Crippen molar-refractivity contribution < 1.29 is 9.18 Å². The highest BCUT2D eigenvalue weighted by molar-refractivity contribution is 5.78. The van der Waals surface area contributed by atoms with Crippen LogP contribution >= 0.6 is 0 Å². The first-order valence-corrected chi connectivity index (χ1v) is 9.88. The van der Waals surface area contributed by atoms with E-state index in [2.05, 4.69) is 21.6 Å². The van der Waals surface area contributed by atoms with Crippen LogP contribution in [0.4, 0.5) is 10.1 Å². The summed E-state index contributed by atoms with van der Waals surface area (Å²) >= 11 is 0. The van der Waals surface area contributed by atoms with Gasteiger partial charge in [-0.05, 0) is 30.8 Å². The molecule has 0 aliphatic carbocycles. The topological polar surface area (TPSA) is 30.0 Å². The van der Waals surface area contributed by atoms with Gasteiger partial charge in [-0.2, -0.15) is 0 Å². The quantitative estimate of drug-likeness (QED) is 0.819. The van der Waals surface area contributed by atoms with Crippen LogP contribution in [0.3, 0.4) is 0 Å². The molecule has 2 heterocycles. The van der Waals surface area contributed by atoms with Crippen LogP contribution in [0, 0.1) is 5.82 Å². The highest BCUT2D eigenvalue weighted by atomic mass is 19.1. The first-order chi connectivity index (χ1) is 12.7.